The SMILES string of the molecule is CC(C)[C@H]1C[N-]CCOC1.C[CH-]C.[Y]. The molecule has 0 unspecified atom stereocenters. The number of ether oxygens (including phenoxy) is 1. The Balaban J connectivity index is 0. The Bertz CT molecular complexity index is 101. The van der Waals surface area contributed by atoms with E-state index in [2.05, 4.69) is 19.2 Å². The van der Waals surface area contributed by atoms with Crippen molar-refractivity contribution in [1.82, 2.24) is 0 Å². The summed E-state index contributed by atoms with van der Waals surface area (Å²) in [5.41, 5.74) is 0. The molecule has 2 nitrogen and oxygen atoms in total. The fourth-order valence-corrected chi connectivity index (χ4v) is 1.08. The van der Waals surface area contributed by atoms with Crippen LogP contribution in [0.4, 0.5) is 0 Å². The Labute approximate surface area is 114 Å². The van der Waals surface area contributed by atoms with Gasteiger partial charge in [0.1, 0.15) is 0 Å². The second kappa shape index (κ2) is 12.1. The van der Waals surface area contributed by atoms with E-state index in [9.17, 15) is 0 Å². The quantitative estimate of drug-likeness (QED) is 0.674. The molecule has 1 fully saturated rings. The minimum Gasteiger partial charge on any atom is -0.660 e. The Morgan fingerprint density at radius 2 is 1.93 bits per heavy atom. The smallest absolute Gasteiger partial charge is 0.0479 e. The zero-order valence-electron chi connectivity index (χ0n) is 9.99. The van der Waals surface area contributed by atoms with Gasteiger partial charge in [-0.3, -0.25) is 0 Å². The third kappa shape index (κ3) is 9.57. The molecule has 1 radical (unpaired) electrons. The van der Waals surface area contributed by atoms with Crippen LogP contribution in [-0.2, 0) is 37.4 Å². The van der Waals surface area contributed by atoms with Crippen LogP contribution >= 0.6 is 0 Å². The first kappa shape index (κ1) is 17.4. The van der Waals surface area contributed by atoms with E-state index in [1.807, 2.05) is 20.3 Å². The molecule has 1 rings (SSSR count). The van der Waals surface area contributed by atoms with E-state index in [0.717, 1.165) is 26.3 Å². The predicted molar refractivity (Wildman–Crippen MR) is 57.9 cm³/mol. The molecule has 1 saturated heterocycles. The standard InChI is InChI=1S/C8H16NO.C3H7.Y/c1-7(2)8-5-9-3-4-10-6-8;1-3-2;/h7-8H,3-6H2,1-2H3;3H,1-2H3;/q2*-1;/t8-;;/m0../s1. The van der Waals surface area contributed by atoms with Crippen molar-refractivity contribution in [2.45, 2.75) is 27.7 Å². The van der Waals surface area contributed by atoms with Gasteiger partial charge in [-0.25, -0.2) is 0 Å². The molecule has 1 aliphatic heterocycles. The molecule has 3 heteroatoms. The van der Waals surface area contributed by atoms with Gasteiger partial charge in [0, 0.05) is 45.9 Å². The molecule has 0 spiro atoms. The Morgan fingerprint density at radius 3 is 2.43 bits per heavy atom. The fraction of sp³-hybridized carbons (Fsp3) is 0.909. The zero-order chi connectivity index (χ0) is 10.1. The fourth-order valence-electron chi connectivity index (χ4n) is 1.08. The van der Waals surface area contributed by atoms with Crippen molar-refractivity contribution in [1.29, 1.82) is 0 Å². The van der Waals surface area contributed by atoms with E-state index in [0.29, 0.717) is 11.8 Å². The molecular formula is C11H23NOY-2. The number of hydrogen-bond acceptors (Lipinski definition) is 1. The maximum absolute atomic E-state index is 5.37. The van der Waals surface area contributed by atoms with Crippen molar-refractivity contribution in [3.05, 3.63) is 11.7 Å². The van der Waals surface area contributed by atoms with E-state index in [1.165, 1.54) is 0 Å². The van der Waals surface area contributed by atoms with Gasteiger partial charge in [-0.1, -0.05) is 13.8 Å². The number of nitrogens with zero attached hydrogens (tertiary/aromatic N) is 1. The Kier molecular flexibility index (Phi) is 15.0. The number of rotatable bonds is 1. The van der Waals surface area contributed by atoms with Crippen LogP contribution in [0.2, 0.25) is 0 Å². The van der Waals surface area contributed by atoms with Gasteiger partial charge in [0.25, 0.3) is 0 Å². The van der Waals surface area contributed by atoms with Gasteiger partial charge in [0.05, 0.1) is 0 Å². The van der Waals surface area contributed by atoms with Crippen molar-refractivity contribution in [2.75, 3.05) is 26.3 Å². The molecule has 0 saturated carbocycles. The van der Waals surface area contributed by atoms with Gasteiger partial charge < -0.3 is 16.5 Å². The van der Waals surface area contributed by atoms with E-state index >= 15 is 0 Å². The third-order valence-electron chi connectivity index (χ3n) is 2.03. The predicted octanol–water partition coefficient (Wildman–Crippen LogP) is 2.89. The first-order valence-electron chi connectivity index (χ1n) is 5.17. The largest absolute Gasteiger partial charge is 0.660 e. The van der Waals surface area contributed by atoms with Crippen molar-refractivity contribution < 1.29 is 37.4 Å². The van der Waals surface area contributed by atoms with E-state index in [1.54, 1.807) is 0 Å². The molecule has 0 N–H and O–H groups in total. The second-order valence-electron chi connectivity index (χ2n) is 3.79. The van der Waals surface area contributed by atoms with Crippen LogP contribution < -0.4 is 0 Å². The van der Waals surface area contributed by atoms with Crippen LogP contribution in [0.1, 0.15) is 27.7 Å². The van der Waals surface area contributed by atoms with Crippen LogP contribution in [-0.4, -0.2) is 26.3 Å². The average Bonchev–Trinajstić information content (AvgIpc) is 2.32. The van der Waals surface area contributed by atoms with E-state index in [4.69, 9.17) is 4.74 Å². The summed E-state index contributed by atoms with van der Waals surface area (Å²) in [6, 6.07) is 0. The molecule has 1 heterocycles. The average molecular weight is 274 g/mol. The summed E-state index contributed by atoms with van der Waals surface area (Å²) >= 11 is 0. The van der Waals surface area contributed by atoms with Crippen molar-refractivity contribution in [3.63, 3.8) is 0 Å². The second-order valence-corrected chi connectivity index (χ2v) is 3.79. The van der Waals surface area contributed by atoms with Crippen molar-refractivity contribution in [3.8, 4) is 0 Å². The number of hydrogen-bond donors (Lipinski definition) is 0. The molecule has 0 aliphatic carbocycles. The minimum absolute atomic E-state index is 0. The van der Waals surface area contributed by atoms with Gasteiger partial charge in [-0.2, -0.15) is 13.8 Å². The van der Waals surface area contributed by atoms with Crippen LogP contribution in [0.15, 0.2) is 0 Å². The van der Waals surface area contributed by atoms with Gasteiger partial charge in [-0.05, 0) is 11.8 Å². The molecule has 1 aliphatic rings. The van der Waals surface area contributed by atoms with Crippen molar-refractivity contribution >= 4 is 0 Å². The van der Waals surface area contributed by atoms with E-state index < -0.39 is 0 Å². The van der Waals surface area contributed by atoms with Gasteiger partial charge in [0.15, 0.2) is 0 Å². The van der Waals surface area contributed by atoms with E-state index in [-0.39, 0.29) is 32.7 Å². The Hall–Kier alpha value is 1.02. The van der Waals surface area contributed by atoms with Gasteiger partial charge >= 0.3 is 0 Å². The first-order valence-corrected chi connectivity index (χ1v) is 5.17. The molecule has 83 valence electrons. The summed E-state index contributed by atoms with van der Waals surface area (Å²) in [4.78, 5) is 0. The third-order valence-corrected chi connectivity index (χ3v) is 2.03. The Morgan fingerprint density at radius 1 is 1.36 bits per heavy atom. The summed E-state index contributed by atoms with van der Waals surface area (Å²) in [5, 5.41) is 4.35. The maximum atomic E-state index is 5.37. The normalized spacial score (nSPS) is 21.6. The topological polar surface area (TPSA) is 23.3 Å². The summed E-state index contributed by atoms with van der Waals surface area (Å²) in [6.07, 6.45) is 2.00. The molecule has 0 aromatic heterocycles. The summed E-state index contributed by atoms with van der Waals surface area (Å²) in [6.45, 7) is 12.1. The van der Waals surface area contributed by atoms with Crippen LogP contribution in [0.3, 0.4) is 0 Å². The van der Waals surface area contributed by atoms with Gasteiger partial charge in [-0.15, -0.1) is 13.1 Å². The van der Waals surface area contributed by atoms with Crippen molar-refractivity contribution in [2.24, 2.45) is 11.8 Å². The summed E-state index contributed by atoms with van der Waals surface area (Å²) in [5.74, 6) is 1.37. The zero-order valence-corrected chi connectivity index (χ0v) is 12.8. The summed E-state index contributed by atoms with van der Waals surface area (Å²) < 4.78 is 5.37. The van der Waals surface area contributed by atoms with Crippen LogP contribution in [0.5, 0.6) is 0 Å². The molecule has 1 atom stereocenters. The monoisotopic (exact) mass is 274 g/mol. The molecule has 14 heavy (non-hydrogen) atoms. The maximum Gasteiger partial charge on any atom is 0.0479 e. The molecular weight excluding hydrogens is 251 g/mol. The minimum atomic E-state index is 0. The molecule has 0 aromatic carbocycles. The molecule has 0 aromatic rings. The first-order chi connectivity index (χ1) is 6.22. The van der Waals surface area contributed by atoms with Crippen LogP contribution in [0.25, 0.3) is 5.32 Å². The van der Waals surface area contributed by atoms with Crippen LogP contribution in [0, 0.1) is 18.3 Å². The molecule has 0 amide bonds. The summed E-state index contributed by atoms with van der Waals surface area (Å²) in [7, 11) is 0. The van der Waals surface area contributed by atoms with Gasteiger partial charge in [0.2, 0.25) is 0 Å². The molecule has 0 bridgehead atoms.